The van der Waals surface area contributed by atoms with E-state index < -0.39 is 47.6 Å². The molecule has 2 atom stereocenters. The predicted octanol–water partition coefficient (Wildman–Crippen LogP) is 4.25. The van der Waals surface area contributed by atoms with Crippen LogP contribution in [0, 0.1) is 0 Å². The van der Waals surface area contributed by atoms with Crippen molar-refractivity contribution in [2.24, 2.45) is 0 Å². The summed E-state index contributed by atoms with van der Waals surface area (Å²) in [6.45, 7) is -0.373. The smallest absolute Gasteiger partial charge is 0.419 e. The number of rotatable bonds is 5. The third-order valence-electron chi connectivity index (χ3n) is 5.64. The zero-order valence-corrected chi connectivity index (χ0v) is 17.6. The number of piperidine rings is 1. The van der Waals surface area contributed by atoms with Crippen molar-refractivity contribution >= 4 is 5.91 Å². The second kappa shape index (κ2) is 8.53. The normalized spacial score (nSPS) is 23.3. The van der Waals surface area contributed by atoms with Crippen molar-refractivity contribution in [2.45, 2.75) is 37.1 Å². The molecule has 2 saturated heterocycles. The van der Waals surface area contributed by atoms with Gasteiger partial charge in [-0.15, -0.1) is 0 Å². The first-order chi connectivity index (χ1) is 15.5. The lowest BCUT2D eigenvalue weighted by atomic mass is 9.85. The van der Waals surface area contributed by atoms with Crippen molar-refractivity contribution in [2.75, 3.05) is 26.5 Å². The van der Waals surface area contributed by atoms with E-state index in [1.54, 1.807) is 18.3 Å². The molecule has 4 rings (SSSR count). The summed E-state index contributed by atoms with van der Waals surface area (Å²) in [6, 6.07) is 8.01. The summed E-state index contributed by atoms with van der Waals surface area (Å²) in [5.74, 6) is -4.71. The summed E-state index contributed by atoms with van der Waals surface area (Å²) in [6.07, 6.45) is -3.47. The Balaban J connectivity index is 1.55. The predicted molar refractivity (Wildman–Crippen MR) is 105 cm³/mol. The number of hydrogen-bond acceptors (Lipinski definition) is 5. The number of ether oxygens (including phenoxy) is 3. The van der Waals surface area contributed by atoms with Gasteiger partial charge in [0, 0.05) is 31.6 Å². The number of hydrogen-bond donors (Lipinski definition) is 0. The summed E-state index contributed by atoms with van der Waals surface area (Å²) in [7, 11) is 0. The van der Waals surface area contributed by atoms with Gasteiger partial charge in [-0.3, -0.25) is 9.78 Å². The second-order valence-electron chi connectivity index (χ2n) is 8.09. The molecule has 0 bridgehead atoms. The Morgan fingerprint density at radius 2 is 2.03 bits per heavy atom. The SMILES string of the molecule is CC(F)(F)COc1ccc(C(=O)N2CC[C@]3(c4ccccn4)OCO[C@@H]3C2)cc1C(F)(F)F. The van der Waals surface area contributed by atoms with Crippen molar-refractivity contribution in [3.63, 3.8) is 0 Å². The third kappa shape index (κ3) is 4.79. The minimum Gasteiger partial charge on any atom is -0.487 e. The van der Waals surface area contributed by atoms with Crippen molar-refractivity contribution in [1.82, 2.24) is 9.88 Å². The second-order valence-corrected chi connectivity index (χ2v) is 8.09. The maximum atomic E-state index is 13.5. The van der Waals surface area contributed by atoms with Gasteiger partial charge in [0.2, 0.25) is 0 Å². The highest BCUT2D eigenvalue weighted by molar-refractivity contribution is 5.94. The van der Waals surface area contributed by atoms with Crippen molar-refractivity contribution in [1.29, 1.82) is 0 Å². The van der Waals surface area contributed by atoms with E-state index in [1.165, 1.54) is 4.90 Å². The number of amides is 1. The summed E-state index contributed by atoms with van der Waals surface area (Å²) in [4.78, 5) is 18.8. The number of carbonyl (C=O) groups is 1. The molecule has 178 valence electrons. The van der Waals surface area contributed by atoms with Crippen LogP contribution in [0.2, 0.25) is 0 Å². The fourth-order valence-corrected chi connectivity index (χ4v) is 4.04. The van der Waals surface area contributed by atoms with Crippen LogP contribution in [-0.2, 0) is 21.3 Å². The number of carbonyl (C=O) groups excluding carboxylic acids is 1. The number of aromatic nitrogens is 1. The molecule has 1 aromatic carbocycles. The molecule has 6 nitrogen and oxygen atoms in total. The van der Waals surface area contributed by atoms with Gasteiger partial charge in [0.1, 0.15) is 24.2 Å². The van der Waals surface area contributed by atoms with Gasteiger partial charge >= 0.3 is 6.18 Å². The highest BCUT2D eigenvalue weighted by Gasteiger charge is 2.52. The van der Waals surface area contributed by atoms with Crippen LogP contribution in [0.1, 0.15) is 35.0 Å². The Morgan fingerprint density at radius 1 is 1.24 bits per heavy atom. The molecular weight excluding hydrogens is 451 g/mol. The van der Waals surface area contributed by atoms with Crippen LogP contribution in [0.3, 0.4) is 0 Å². The molecule has 11 heteroatoms. The van der Waals surface area contributed by atoms with Gasteiger partial charge in [-0.25, -0.2) is 8.78 Å². The van der Waals surface area contributed by atoms with E-state index in [0.29, 0.717) is 25.1 Å². The van der Waals surface area contributed by atoms with Gasteiger partial charge in [-0.1, -0.05) is 6.07 Å². The van der Waals surface area contributed by atoms with E-state index in [4.69, 9.17) is 9.47 Å². The van der Waals surface area contributed by atoms with E-state index in [1.807, 2.05) is 6.07 Å². The lowest BCUT2D eigenvalue weighted by molar-refractivity contribution is -0.139. The van der Waals surface area contributed by atoms with Crippen LogP contribution >= 0.6 is 0 Å². The third-order valence-corrected chi connectivity index (χ3v) is 5.64. The van der Waals surface area contributed by atoms with Gasteiger partial charge < -0.3 is 19.1 Å². The average Bonchev–Trinajstić information content (AvgIpc) is 3.21. The molecule has 0 aliphatic carbocycles. The number of halogens is 5. The summed E-state index contributed by atoms with van der Waals surface area (Å²) < 4.78 is 82.9. The first kappa shape index (κ1) is 23.4. The Morgan fingerprint density at radius 3 is 2.70 bits per heavy atom. The molecule has 0 unspecified atom stereocenters. The zero-order valence-electron chi connectivity index (χ0n) is 17.6. The monoisotopic (exact) mass is 472 g/mol. The Hall–Kier alpha value is -2.79. The van der Waals surface area contributed by atoms with Gasteiger partial charge in [0.05, 0.1) is 17.8 Å². The topological polar surface area (TPSA) is 60.9 Å². The molecule has 1 amide bonds. The summed E-state index contributed by atoms with van der Waals surface area (Å²) >= 11 is 0. The quantitative estimate of drug-likeness (QED) is 0.609. The molecule has 0 radical (unpaired) electrons. The van der Waals surface area contributed by atoms with Gasteiger partial charge in [0.15, 0.2) is 6.61 Å². The lowest BCUT2D eigenvalue weighted by Crippen LogP contribution is -2.53. The Bertz CT molecular complexity index is 1010. The van der Waals surface area contributed by atoms with Crippen molar-refractivity contribution in [3.05, 3.63) is 59.4 Å². The molecule has 3 heterocycles. The maximum absolute atomic E-state index is 13.5. The molecule has 2 aromatic rings. The van der Waals surface area contributed by atoms with Crippen molar-refractivity contribution < 1.29 is 41.0 Å². The number of likely N-dealkylation sites (tertiary alicyclic amines) is 1. The summed E-state index contributed by atoms with van der Waals surface area (Å²) in [5.41, 5.74) is -1.70. The molecule has 1 aromatic heterocycles. The average molecular weight is 472 g/mol. The maximum Gasteiger partial charge on any atom is 0.419 e. The first-order valence-corrected chi connectivity index (χ1v) is 10.2. The van der Waals surface area contributed by atoms with E-state index in [-0.39, 0.29) is 25.4 Å². The minimum absolute atomic E-state index is 0.00952. The number of benzene rings is 1. The van der Waals surface area contributed by atoms with Crippen LogP contribution < -0.4 is 4.74 Å². The summed E-state index contributed by atoms with van der Waals surface area (Å²) in [5, 5.41) is 0. The standard InChI is InChI=1S/C22H21F5N2O4/c1-20(23,24)12-31-16-6-5-14(10-15(16)22(25,26)27)19(30)29-9-7-21(17-4-2-3-8-28-17)18(11-29)32-13-33-21/h2-6,8,10,18H,7,9,11-13H2,1H3/t18-,21-/m1/s1. The molecule has 33 heavy (non-hydrogen) atoms. The molecule has 2 aliphatic heterocycles. The Labute approximate surface area is 186 Å². The lowest BCUT2D eigenvalue weighted by Gasteiger charge is -2.41. The van der Waals surface area contributed by atoms with Gasteiger partial charge in [0.25, 0.3) is 11.8 Å². The number of nitrogens with zero attached hydrogens (tertiary/aromatic N) is 2. The molecule has 2 aliphatic rings. The fraction of sp³-hybridized carbons (Fsp3) is 0.455. The highest BCUT2D eigenvalue weighted by atomic mass is 19.4. The minimum atomic E-state index is -4.90. The van der Waals surface area contributed by atoms with E-state index in [2.05, 4.69) is 9.72 Å². The molecular formula is C22H21F5N2O4. The largest absolute Gasteiger partial charge is 0.487 e. The first-order valence-electron chi connectivity index (χ1n) is 10.2. The van der Waals surface area contributed by atoms with E-state index in [0.717, 1.165) is 12.1 Å². The van der Waals surface area contributed by atoms with E-state index >= 15 is 0 Å². The number of pyridine rings is 1. The molecule has 0 saturated carbocycles. The van der Waals surface area contributed by atoms with Crippen LogP contribution in [0.15, 0.2) is 42.6 Å². The molecule has 2 fully saturated rings. The molecule has 0 spiro atoms. The van der Waals surface area contributed by atoms with Crippen molar-refractivity contribution in [3.8, 4) is 5.75 Å². The fourth-order valence-electron chi connectivity index (χ4n) is 4.04. The Kier molecular flexibility index (Phi) is 6.04. The van der Waals surface area contributed by atoms with Crippen LogP contribution in [0.25, 0.3) is 0 Å². The molecule has 0 N–H and O–H groups in total. The zero-order chi connectivity index (χ0) is 23.9. The van der Waals surface area contributed by atoms with E-state index in [9.17, 15) is 26.7 Å². The van der Waals surface area contributed by atoms with Crippen LogP contribution in [0.4, 0.5) is 22.0 Å². The van der Waals surface area contributed by atoms with Gasteiger partial charge in [-0.2, -0.15) is 13.2 Å². The highest BCUT2D eigenvalue weighted by Crippen LogP contribution is 2.42. The van der Waals surface area contributed by atoms with Crippen LogP contribution in [0.5, 0.6) is 5.75 Å². The van der Waals surface area contributed by atoms with Gasteiger partial charge in [-0.05, 0) is 30.3 Å². The number of alkyl halides is 5. The van der Waals surface area contributed by atoms with Crippen LogP contribution in [-0.4, -0.2) is 54.3 Å². The number of fused-ring (bicyclic) bond motifs is 1.